The van der Waals surface area contributed by atoms with Crippen molar-refractivity contribution in [1.29, 1.82) is 5.26 Å². The first-order valence-electron chi connectivity index (χ1n) is 8.68. The quantitative estimate of drug-likeness (QED) is 0.534. The highest BCUT2D eigenvalue weighted by atomic mass is 32.1. The maximum absolute atomic E-state index is 9.25. The Morgan fingerprint density at radius 3 is 2.22 bits per heavy atom. The number of nitrogens with zero attached hydrogens (tertiary/aromatic N) is 3. The average molecular weight is 375 g/mol. The van der Waals surface area contributed by atoms with E-state index >= 15 is 0 Å². The molecule has 136 valence electrons. The Balaban J connectivity index is 2.18. The van der Waals surface area contributed by atoms with Crippen molar-refractivity contribution >= 4 is 44.6 Å². The van der Waals surface area contributed by atoms with E-state index in [2.05, 4.69) is 28.8 Å². The SMILES string of the molecule is C/C=C(\C)N(C)C(=S)c1ccc2c3ccc(C(C#N)=CN)cc3n(C)c2c1. The topological polar surface area (TPSA) is 58.0 Å². The van der Waals surface area contributed by atoms with Gasteiger partial charge in [-0.05, 0) is 31.5 Å². The summed E-state index contributed by atoms with van der Waals surface area (Å²) >= 11 is 5.68. The number of hydrogen-bond acceptors (Lipinski definition) is 3. The Bertz CT molecular complexity index is 1160. The molecule has 0 bridgehead atoms. The molecule has 0 saturated carbocycles. The van der Waals surface area contributed by atoms with Crippen LogP contribution < -0.4 is 5.73 Å². The average Bonchev–Trinajstić information content (AvgIpc) is 2.98. The second-order valence-corrected chi connectivity index (χ2v) is 6.90. The third-order valence-electron chi connectivity index (χ3n) is 5.10. The van der Waals surface area contributed by atoms with Gasteiger partial charge in [-0.1, -0.05) is 42.6 Å². The van der Waals surface area contributed by atoms with E-state index in [0.717, 1.165) is 43.6 Å². The van der Waals surface area contributed by atoms with Gasteiger partial charge in [-0.2, -0.15) is 5.26 Å². The lowest BCUT2D eigenvalue weighted by molar-refractivity contribution is 0.638. The van der Waals surface area contributed by atoms with E-state index in [1.807, 2.05) is 57.1 Å². The molecule has 2 aromatic carbocycles. The van der Waals surface area contributed by atoms with Crippen molar-refractivity contribution in [1.82, 2.24) is 9.47 Å². The summed E-state index contributed by atoms with van der Waals surface area (Å²) in [5.74, 6) is 0. The third kappa shape index (κ3) is 3.09. The summed E-state index contributed by atoms with van der Waals surface area (Å²) < 4.78 is 2.13. The fourth-order valence-electron chi connectivity index (χ4n) is 3.25. The molecule has 4 nitrogen and oxygen atoms in total. The van der Waals surface area contributed by atoms with E-state index < -0.39 is 0 Å². The van der Waals surface area contributed by atoms with E-state index in [-0.39, 0.29) is 0 Å². The molecule has 2 N–H and O–H groups in total. The van der Waals surface area contributed by atoms with Gasteiger partial charge < -0.3 is 15.2 Å². The fourth-order valence-corrected chi connectivity index (χ4v) is 3.52. The molecule has 1 aromatic heterocycles. The van der Waals surface area contributed by atoms with E-state index in [4.69, 9.17) is 18.0 Å². The van der Waals surface area contributed by atoms with E-state index in [1.165, 1.54) is 6.20 Å². The third-order valence-corrected chi connectivity index (χ3v) is 5.61. The molecular formula is C22H22N4S. The van der Waals surface area contributed by atoms with Gasteiger partial charge in [0.1, 0.15) is 11.1 Å². The lowest BCUT2D eigenvalue weighted by atomic mass is 10.0. The van der Waals surface area contributed by atoms with Gasteiger partial charge in [0.25, 0.3) is 0 Å². The Hall–Kier alpha value is -3.10. The van der Waals surface area contributed by atoms with Gasteiger partial charge in [-0.3, -0.25) is 0 Å². The first kappa shape index (κ1) is 18.7. The summed E-state index contributed by atoms with van der Waals surface area (Å²) in [6.07, 6.45) is 3.39. The summed E-state index contributed by atoms with van der Waals surface area (Å²) in [5.41, 5.74) is 11.1. The van der Waals surface area contributed by atoms with Crippen molar-refractivity contribution in [2.75, 3.05) is 7.05 Å². The van der Waals surface area contributed by atoms with Crippen LogP contribution in [0.15, 0.2) is 54.4 Å². The van der Waals surface area contributed by atoms with Gasteiger partial charge in [0.2, 0.25) is 0 Å². The van der Waals surface area contributed by atoms with Crippen LogP contribution in [0.2, 0.25) is 0 Å². The summed E-state index contributed by atoms with van der Waals surface area (Å²) in [4.78, 5) is 2.80. The van der Waals surface area contributed by atoms with Gasteiger partial charge in [-0.25, -0.2) is 0 Å². The number of aryl methyl sites for hydroxylation is 1. The monoisotopic (exact) mass is 374 g/mol. The number of allylic oxidation sites excluding steroid dienone is 3. The predicted octanol–water partition coefficient (Wildman–Crippen LogP) is 4.69. The molecule has 27 heavy (non-hydrogen) atoms. The fraction of sp³-hybridized carbons (Fsp3) is 0.182. The van der Waals surface area contributed by atoms with Crippen molar-refractivity contribution in [2.24, 2.45) is 12.8 Å². The largest absolute Gasteiger partial charge is 0.404 e. The van der Waals surface area contributed by atoms with E-state index in [9.17, 15) is 5.26 Å². The standard InChI is InChI=1S/C22H22N4S/c1-5-14(2)25(3)22(27)16-7-9-19-18-8-6-15(17(12-23)13-24)10-20(18)26(4)21(19)11-16/h5-12H,23H2,1-4H3/b14-5+,17-12?. The van der Waals surface area contributed by atoms with Crippen LogP contribution >= 0.6 is 12.2 Å². The van der Waals surface area contributed by atoms with Crippen LogP contribution in [0.25, 0.3) is 27.4 Å². The first-order chi connectivity index (χ1) is 12.9. The number of aromatic nitrogens is 1. The molecule has 1 heterocycles. The molecule has 0 radical (unpaired) electrons. The molecule has 0 aliphatic heterocycles. The smallest absolute Gasteiger partial charge is 0.113 e. The maximum Gasteiger partial charge on any atom is 0.113 e. The van der Waals surface area contributed by atoms with Crippen molar-refractivity contribution in [2.45, 2.75) is 13.8 Å². The molecule has 3 aromatic rings. The van der Waals surface area contributed by atoms with Crippen molar-refractivity contribution in [3.63, 3.8) is 0 Å². The zero-order valence-electron chi connectivity index (χ0n) is 15.9. The molecule has 0 aliphatic carbocycles. The molecule has 0 saturated heterocycles. The summed E-state index contributed by atoms with van der Waals surface area (Å²) in [5, 5.41) is 11.5. The van der Waals surface area contributed by atoms with Crippen molar-refractivity contribution in [3.8, 4) is 6.07 Å². The highest BCUT2D eigenvalue weighted by Gasteiger charge is 2.14. The number of benzene rings is 2. The Labute approximate surface area is 164 Å². The molecule has 0 spiro atoms. The first-order valence-corrected chi connectivity index (χ1v) is 9.09. The van der Waals surface area contributed by atoms with Crippen LogP contribution in [0.5, 0.6) is 0 Å². The highest BCUT2D eigenvalue weighted by molar-refractivity contribution is 7.80. The van der Waals surface area contributed by atoms with Gasteiger partial charge in [0.15, 0.2) is 0 Å². The number of rotatable bonds is 3. The van der Waals surface area contributed by atoms with Gasteiger partial charge >= 0.3 is 0 Å². The Kier molecular flexibility index (Phi) is 5.02. The van der Waals surface area contributed by atoms with E-state index in [0.29, 0.717) is 5.57 Å². The normalized spacial score (nSPS) is 12.4. The minimum atomic E-state index is 0.465. The molecule has 0 aliphatic rings. The van der Waals surface area contributed by atoms with Crippen LogP contribution in [-0.2, 0) is 7.05 Å². The molecule has 0 amide bonds. The number of hydrogen-bond donors (Lipinski definition) is 1. The van der Waals surface area contributed by atoms with Crippen LogP contribution in [0.3, 0.4) is 0 Å². The molecule has 5 heteroatoms. The van der Waals surface area contributed by atoms with Gasteiger partial charge in [-0.15, -0.1) is 0 Å². The lowest BCUT2D eigenvalue weighted by Gasteiger charge is -2.20. The minimum absolute atomic E-state index is 0.465. The molecular weight excluding hydrogens is 352 g/mol. The second kappa shape index (κ2) is 7.26. The zero-order valence-corrected chi connectivity index (χ0v) is 16.8. The van der Waals surface area contributed by atoms with Crippen LogP contribution in [-0.4, -0.2) is 21.5 Å². The summed E-state index contributed by atoms with van der Waals surface area (Å²) in [6, 6.07) is 14.4. The Morgan fingerprint density at radius 2 is 1.70 bits per heavy atom. The van der Waals surface area contributed by atoms with Crippen molar-refractivity contribution < 1.29 is 0 Å². The molecule has 0 atom stereocenters. The Morgan fingerprint density at radius 1 is 1.15 bits per heavy atom. The molecule has 0 unspecified atom stereocenters. The molecule has 0 fully saturated rings. The maximum atomic E-state index is 9.25. The summed E-state index contributed by atoms with van der Waals surface area (Å²) in [7, 11) is 4.01. The van der Waals surface area contributed by atoms with Gasteiger partial charge in [0, 0.05) is 53.4 Å². The highest BCUT2D eigenvalue weighted by Crippen LogP contribution is 2.31. The van der Waals surface area contributed by atoms with Crippen LogP contribution in [0, 0.1) is 11.3 Å². The summed E-state index contributed by atoms with van der Waals surface area (Å²) in [6.45, 7) is 4.05. The lowest BCUT2D eigenvalue weighted by Crippen LogP contribution is -2.23. The van der Waals surface area contributed by atoms with Gasteiger partial charge in [0.05, 0.1) is 5.57 Å². The number of thiocarbonyl (C=S) groups is 1. The number of nitriles is 1. The van der Waals surface area contributed by atoms with Crippen LogP contribution in [0.4, 0.5) is 0 Å². The zero-order chi connectivity index (χ0) is 19.7. The number of nitrogens with two attached hydrogens (primary N) is 1. The predicted molar refractivity (Wildman–Crippen MR) is 117 cm³/mol. The minimum Gasteiger partial charge on any atom is -0.404 e. The van der Waals surface area contributed by atoms with Crippen LogP contribution in [0.1, 0.15) is 25.0 Å². The second-order valence-electron chi connectivity index (χ2n) is 6.51. The molecule has 3 rings (SSSR count). The number of fused-ring (bicyclic) bond motifs is 3. The van der Waals surface area contributed by atoms with E-state index in [1.54, 1.807) is 0 Å². The van der Waals surface area contributed by atoms with Crippen molar-refractivity contribution in [3.05, 3.63) is 65.5 Å².